The first-order valence-electron chi connectivity index (χ1n) is 12.2. The van der Waals surface area contributed by atoms with Gasteiger partial charge < -0.3 is 4.90 Å². The summed E-state index contributed by atoms with van der Waals surface area (Å²) in [5.41, 5.74) is 3.66. The zero-order valence-electron chi connectivity index (χ0n) is 20.9. The number of para-hydroxylation sites is 1. The maximum Gasteiger partial charge on any atom is 0.175 e. The second-order valence-electron chi connectivity index (χ2n) is 9.15. The number of rotatable bonds is 11. The van der Waals surface area contributed by atoms with Crippen molar-refractivity contribution in [2.24, 2.45) is 0 Å². The Bertz CT molecular complexity index is 1430. The SMILES string of the molecule is CCCCCCN(C)Cc1cc(-c2ccc(-c3cccc(S(C)(=O)=O)c3)s2)n(-c2ccccc2Cl)n1. The molecular weight excluding hydrogens is 510 g/mol. The van der Waals surface area contributed by atoms with Crippen molar-refractivity contribution in [1.82, 2.24) is 14.7 Å². The van der Waals surface area contributed by atoms with Crippen molar-refractivity contribution in [2.45, 2.75) is 44.0 Å². The summed E-state index contributed by atoms with van der Waals surface area (Å²) in [6.07, 6.45) is 6.17. The molecule has 0 atom stereocenters. The Morgan fingerprint density at radius 1 is 0.972 bits per heavy atom. The Kier molecular flexibility index (Phi) is 8.67. The number of nitrogens with zero attached hydrogens (tertiary/aromatic N) is 3. The molecule has 0 saturated carbocycles. The molecule has 0 amide bonds. The van der Waals surface area contributed by atoms with Gasteiger partial charge in [-0.3, -0.25) is 0 Å². The van der Waals surface area contributed by atoms with E-state index in [1.807, 2.05) is 41.1 Å². The summed E-state index contributed by atoms with van der Waals surface area (Å²) in [4.78, 5) is 4.67. The summed E-state index contributed by atoms with van der Waals surface area (Å²) in [6, 6.07) is 21.0. The molecule has 4 rings (SSSR count). The Morgan fingerprint density at radius 3 is 2.50 bits per heavy atom. The lowest BCUT2D eigenvalue weighted by Gasteiger charge is -2.14. The number of sulfone groups is 1. The fraction of sp³-hybridized carbons (Fsp3) is 0.321. The summed E-state index contributed by atoms with van der Waals surface area (Å²) < 4.78 is 26.0. The molecule has 4 aromatic rings. The lowest BCUT2D eigenvalue weighted by atomic mass is 10.2. The Labute approximate surface area is 223 Å². The summed E-state index contributed by atoms with van der Waals surface area (Å²) >= 11 is 8.18. The average molecular weight is 542 g/mol. The number of thiophene rings is 1. The third-order valence-corrected chi connectivity index (χ3v) is 8.66. The van der Waals surface area contributed by atoms with Gasteiger partial charge in [-0.25, -0.2) is 13.1 Å². The maximum absolute atomic E-state index is 12.0. The van der Waals surface area contributed by atoms with Crippen LogP contribution in [0.4, 0.5) is 0 Å². The van der Waals surface area contributed by atoms with E-state index in [1.165, 1.54) is 31.9 Å². The molecule has 0 aliphatic rings. The molecule has 0 unspecified atom stereocenters. The van der Waals surface area contributed by atoms with Crippen LogP contribution in [0.1, 0.15) is 38.3 Å². The van der Waals surface area contributed by atoms with E-state index < -0.39 is 9.84 Å². The lowest BCUT2D eigenvalue weighted by molar-refractivity contribution is 0.313. The summed E-state index contributed by atoms with van der Waals surface area (Å²) in [5.74, 6) is 0. The predicted molar refractivity (Wildman–Crippen MR) is 151 cm³/mol. The number of unbranched alkanes of at least 4 members (excludes halogenated alkanes) is 3. The van der Waals surface area contributed by atoms with Crippen molar-refractivity contribution in [3.63, 3.8) is 0 Å². The number of hydrogen-bond donors (Lipinski definition) is 0. The highest BCUT2D eigenvalue weighted by Crippen LogP contribution is 2.37. The van der Waals surface area contributed by atoms with Crippen LogP contribution in [0.3, 0.4) is 0 Å². The van der Waals surface area contributed by atoms with E-state index in [-0.39, 0.29) is 0 Å². The molecule has 0 aliphatic carbocycles. The summed E-state index contributed by atoms with van der Waals surface area (Å²) in [5, 5.41) is 5.59. The van der Waals surface area contributed by atoms with Crippen molar-refractivity contribution < 1.29 is 8.42 Å². The first-order valence-corrected chi connectivity index (χ1v) is 15.3. The van der Waals surface area contributed by atoms with E-state index in [2.05, 4.69) is 31.0 Å². The van der Waals surface area contributed by atoms with E-state index >= 15 is 0 Å². The van der Waals surface area contributed by atoms with E-state index in [4.69, 9.17) is 16.7 Å². The predicted octanol–water partition coefficient (Wildman–Crippen LogP) is 7.34. The third-order valence-electron chi connectivity index (χ3n) is 6.07. The highest BCUT2D eigenvalue weighted by molar-refractivity contribution is 7.90. The third kappa shape index (κ3) is 6.45. The summed E-state index contributed by atoms with van der Waals surface area (Å²) in [7, 11) is -1.14. The zero-order valence-corrected chi connectivity index (χ0v) is 23.3. The van der Waals surface area contributed by atoms with Crippen LogP contribution >= 0.6 is 22.9 Å². The number of benzene rings is 2. The van der Waals surface area contributed by atoms with Crippen LogP contribution in [0.2, 0.25) is 5.02 Å². The average Bonchev–Trinajstić information content (AvgIpc) is 3.49. The minimum absolute atomic E-state index is 0.320. The molecule has 0 fully saturated rings. The zero-order chi connectivity index (χ0) is 25.7. The fourth-order valence-corrected chi connectivity index (χ4v) is 6.05. The second kappa shape index (κ2) is 11.7. The van der Waals surface area contributed by atoms with Gasteiger partial charge in [0.2, 0.25) is 0 Å². The maximum atomic E-state index is 12.0. The Balaban J connectivity index is 1.67. The van der Waals surface area contributed by atoms with Crippen molar-refractivity contribution in [2.75, 3.05) is 19.8 Å². The number of hydrogen-bond acceptors (Lipinski definition) is 5. The molecule has 8 heteroatoms. The monoisotopic (exact) mass is 541 g/mol. The van der Waals surface area contributed by atoms with Gasteiger partial charge in [0, 0.05) is 17.7 Å². The lowest BCUT2D eigenvalue weighted by Crippen LogP contribution is -2.19. The first-order chi connectivity index (χ1) is 17.3. The van der Waals surface area contributed by atoms with Gasteiger partial charge >= 0.3 is 0 Å². The van der Waals surface area contributed by atoms with Crippen LogP contribution in [-0.4, -0.2) is 42.9 Å². The van der Waals surface area contributed by atoms with Crippen LogP contribution in [0.25, 0.3) is 26.7 Å². The number of halogens is 1. The van der Waals surface area contributed by atoms with E-state index in [9.17, 15) is 8.42 Å². The molecule has 0 bridgehead atoms. The highest BCUT2D eigenvalue weighted by atomic mass is 35.5. The molecule has 0 saturated heterocycles. The van der Waals surface area contributed by atoms with Gasteiger partial charge in [0.05, 0.1) is 31.9 Å². The van der Waals surface area contributed by atoms with Crippen LogP contribution in [0, 0.1) is 0 Å². The van der Waals surface area contributed by atoms with Gasteiger partial charge in [0.25, 0.3) is 0 Å². The summed E-state index contributed by atoms with van der Waals surface area (Å²) in [6.45, 7) is 4.02. The molecule has 2 aromatic carbocycles. The molecular formula is C28H32ClN3O2S2. The van der Waals surface area contributed by atoms with Crippen LogP contribution in [0.15, 0.2) is 71.6 Å². The van der Waals surface area contributed by atoms with Gasteiger partial charge in [0.15, 0.2) is 9.84 Å². The Morgan fingerprint density at radius 2 is 1.75 bits per heavy atom. The molecule has 0 N–H and O–H groups in total. The second-order valence-corrected chi connectivity index (χ2v) is 12.7. The van der Waals surface area contributed by atoms with Gasteiger partial charge in [-0.05, 0) is 68.0 Å². The molecule has 0 radical (unpaired) electrons. The molecule has 2 heterocycles. The van der Waals surface area contributed by atoms with Crippen molar-refractivity contribution in [3.05, 3.63) is 77.4 Å². The van der Waals surface area contributed by atoms with Gasteiger partial charge in [-0.1, -0.05) is 62.1 Å². The van der Waals surface area contributed by atoms with Crippen molar-refractivity contribution >= 4 is 32.8 Å². The topological polar surface area (TPSA) is 55.2 Å². The van der Waals surface area contributed by atoms with Crippen LogP contribution in [0.5, 0.6) is 0 Å². The fourth-order valence-electron chi connectivity index (χ4n) is 4.16. The highest BCUT2D eigenvalue weighted by Gasteiger charge is 2.17. The van der Waals surface area contributed by atoms with Crippen molar-refractivity contribution in [3.8, 4) is 26.7 Å². The quantitative estimate of drug-likeness (QED) is 0.186. The van der Waals surface area contributed by atoms with E-state index in [0.717, 1.165) is 45.5 Å². The Hall–Kier alpha value is -2.45. The van der Waals surface area contributed by atoms with Gasteiger partial charge in [-0.15, -0.1) is 11.3 Å². The minimum Gasteiger partial charge on any atom is -0.300 e. The standard InChI is InChI=1S/C28H32ClN3O2S2/c1-4-5-6-9-17-31(2)20-22-19-26(32(30-22)25-14-8-7-13-24(25)29)28-16-15-27(35-28)21-11-10-12-23(18-21)36(3,33)34/h7-8,10-16,18-19H,4-6,9,17,20H2,1-3H3. The van der Waals surface area contributed by atoms with E-state index in [0.29, 0.717) is 9.92 Å². The molecule has 2 aromatic heterocycles. The molecule has 190 valence electrons. The normalized spacial score (nSPS) is 11.9. The van der Waals surface area contributed by atoms with E-state index in [1.54, 1.807) is 29.5 Å². The van der Waals surface area contributed by atoms with Gasteiger partial charge in [-0.2, -0.15) is 5.10 Å². The molecule has 0 aliphatic heterocycles. The first kappa shape index (κ1) is 26.6. The minimum atomic E-state index is -3.27. The number of aromatic nitrogens is 2. The molecule has 0 spiro atoms. The van der Waals surface area contributed by atoms with Crippen molar-refractivity contribution in [1.29, 1.82) is 0 Å². The van der Waals surface area contributed by atoms with Crippen LogP contribution in [-0.2, 0) is 16.4 Å². The van der Waals surface area contributed by atoms with Gasteiger partial charge in [0.1, 0.15) is 0 Å². The largest absolute Gasteiger partial charge is 0.300 e. The molecule has 36 heavy (non-hydrogen) atoms. The smallest absolute Gasteiger partial charge is 0.175 e. The van der Waals surface area contributed by atoms with Crippen LogP contribution < -0.4 is 0 Å². The molecule has 5 nitrogen and oxygen atoms in total.